The van der Waals surface area contributed by atoms with Crippen molar-refractivity contribution in [1.29, 1.82) is 0 Å². The highest BCUT2D eigenvalue weighted by atomic mass is 16.3. The van der Waals surface area contributed by atoms with Crippen LogP contribution in [0.2, 0.25) is 0 Å². The van der Waals surface area contributed by atoms with Crippen LogP contribution in [0.1, 0.15) is 23.3 Å². The van der Waals surface area contributed by atoms with E-state index >= 15 is 0 Å². The average Bonchev–Trinajstić information content (AvgIpc) is 3.73. The van der Waals surface area contributed by atoms with Gasteiger partial charge in [-0.1, -0.05) is 157 Å². The highest BCUT2D eigenvalue weighted by Crippen LogP contribution is 2.48. The Labute approximate surface area is 308 Å². The second-order valence-corrected chi connectivity index (χ2v) is 11.5. The molecule has 0 spiro atoms. The summed E-state index contributed by atoms with van der Waals surface area (Å²) in [6.45, 7) is 0. The minimum Gasteiger partial charge on any atom is -0.456 e. The van der Waals surface area contributed by atoms with E-state index in [9.17, 15) is 8.22 Å². The van der Waals surface area contributed by atoms with Gasteiger partial charge in [-0.15, -0.1) is 0 Å². The van der Waals surface area contributed by atoms with Gasteiger partial charge >= 0.3 is 0 Å². The van der Waals surface area contributed by atoms with Gasteiger partial charge in [-0.3, -0.25) is 0 Å². The predicted molar refractivity (Wildman–Crippen MR) is 208 cm³/mol. The molecule has 0 atom stereocenters. The Morgan fingerprint density at radius 3 is 1.71 bits per heavy atom. The fraction of sp³-hybridized carbons (Fsp3) is 0. The third-order valence-electron chi connectivity index (χ3n) is 8.75. The Morgan fingerprint density at radius 2 is 1.00 bits per heavy atom. The Hall–Kier alpha value is -6.44. The summed E-state index contributed by atoms with van der Waals surface area (Å²) in [5, 5.41) is 1.02. The maximum atomic E-state index is 10.0. The van der Waals surface area contributed by atoms with Crippen LogP contribution in [0, 0.1) is 0 Å². The number of hydrogen-bond donors (Lipinski definition) is 0. The molecule has 10 aromatic rings. The number of rotatable bonds is 4. The molecule has 0 bridgehead atoms. The van der Waals surface area contributed by atoms with Crippen LogP contribution in [0.5, 0.6) is 0 Å². The van der Waals surface area contributed by atoms with Crippen molar-refractivity contribution < 1.29 is 27.7 Å². The molecule has 0 aliphatic heterocycles. The molecular weight excluding hydrogens is 593 g/mol. The van der Waals surface area contributed by atoms with Crippen LogP contribution < -0.4 is 0 Å². The summed E-state index contributed by atoms with van der Waals surface area (Å²) in [6.07, 6.45) is 0. The maximum absolute atomic E-state index is 10.0. The summed E-state index contributed by atoms with van der Waals surface area (Å²) in [5.41, 5.74) is 0.0307. The largest absolute Gasteiger partial charge is 0.456 e. The molecule has 0 N–H and O–H groups in total. The minimum absolute atomic E-state index is 0.00277. The van der Waals surface area contributed by atoms with Gasteiger partial charge in [0.2, 0.25) is 0 Å². The van der Waals surface area contributed by atoms with Gasteiger partial charge in [-0.05, 0) is 101 Å². The number of fused-ring (bicyclic) bond motifs is 6. The summed E-state index contributed by atoms with van der Waals surface area (Å²) in [5.74, 6) is 0. The van der Waals surface area contributed by atoms with Crippen molar-refractivity contribution in [3.63, 3.8) is 0 Å². The molecule has 1 aromatic heterocycles. The zero-order valence-corrected chi connectivity index (χ0v) is 25.4. The number of furan rings is 1. The van der Waals surface area contributed by atoms with Gasteiger partial charge in [-0.25, -0.2) is 0 Å². The first-order chi connectivity index (χ1) is 31.4. The van der Waals surface area contributed by atoms with Crippen molar-refractivity contribution in [2.45, 2.75) is 0 Å². The lowest BCUT2D eigenvalue weighted by molar-refractivity contribution is 0.669. The lowest BCUT2D eigenvalue weighted by Gasteiger charge is -2.19. The molecule has 0 aliphatic carbocycles. The molecule has 49 heavy (non-hydrogen) atoms. The highest BCUT2D eigenvalue weighted by Gasteiger charge is 2.21. The molecular formula is C48H30O. The van der Waals surface area contributed by atoms with E-state index in [0.717, 1.165) is 0 Å². The molecule has 0 saturated carbocycles. The van der Waals surface area contributed by atoms with Crippen LogP contribution >= 0.6 is 0 Å². The molecule has 0 amide bonds. The Morgan fingerprint density at radius 1 is 0.367 bits per heavy atom. The van der Waals surface area contributed by atoms with Crippen LogP contribution in [-0.2, 0) is 0 Å². The van der Waals surface area contributed by atoms with Gasteiger partial charge in [0.15, 0.2) is 0 Å². The van der Waals surface area contributed by atoms with Crippen LogP contribution in [0.15, 0.2) is 186 Å². The second-order valence-electron chi connectivity index (χ2n) is 11.5. The van der Waals surface area contributed by atoms with E-state index in [0.29, 0.717) is 38.2 Å². The van der Waals surface area contributed by atoms with E-state index < -0.39 is 96.7 Å². The SMILES string of the molecule is [2H]c1c([2H])c([2H])c(-c2c([2H])c([2H])c(-c3c4ccccc4c(-c4c([2H])c([2H])c([2H])c5oc6c([2H])c7c([2H])c([2H])c([2H])c([2H])c7c([2H])c6c45)c4ccccc34)c([2H])c2-c2ccccc2)c([2H])c1[2H]. The lowest BCUT2D eigenvalue weighted by Crippen LogP contribution is -1.93. The molecule has 1 heteroatoms. The van der Waals surface area contributed by atoms with E-state index in [4.69, 9.17) is 19.5 Å². The van der Waals surface area contributed by atoms with Gasteiger partial charge in [0, 0.05) is 10.8 Å². The van der Waals surface area contributed by atoms with Crippen molar-refractivity contribution in [3.05, 3.63) is 182 Å². The quantitative estimate of drug-likeness (QED) is 0.175. The smallest absolute Gasteiger partial charge is 0.136 e. The van der Waals surface area contributed by atoms with Gasteiger partial charge in [-0.2, -0.15) is 0 Å². The van der Waals surface area contributed by atoms with E-state index in [2.05, 4.69) is 0 Å². The van der Waals surface area contributed by atoms with Crippen molar-refractivity contribution in [3.8, 4) is 44.5 Å². The molecule has 0 aliphatic rings. The van der Waals surface area contributed by atoms with Crippen LogP contribution in [0.4, 0.5) is 0 Å². The normalized spacial score (nSPS) is 16.5. The molecule has 10 rings (SSSR count). The van der Waals surface area contributed by atoms with Crippen LogP contribution in [0.3, 0.4) is 0 Å². The summed E-state index contributed by atoms with van der Waals surface area (Å²) >= 11 is 0. The number of benzene rings is 9. The Bertz CT molecular complexity index is 3760. The molecule has 228 valence electrons. The molecule has 0 unspecified atom stereocenters. The summed E-state index contributed by atoms with van der Waals surface area (Å²) in [7, 11) is 0. The van der Waals surface area contributed by atoms with E-state index in [1.165, 1.54) is 0 Å². The van der Waals surface area contributed by atoms with Gasteiger partial charge in [0.1, 0.15) is 11.2 Å². The second kappa shape index (κ2) is 11.1. The monoisotopic (exact) mass is 639 g/mol. The Kier molecular flexibility index (Phi) is 3.54. The molecule has 0 radical (unpaired) electrons. The maximum Gasteiger partial charge on any atom is 0.136 e. The third-order valence-corrected chi connectivity index (χ3v) is 8.75. The van der Waals surface area contributed by atoms with E-state index in [-0.39, 0.29) is 66.6 Å². The summed E-state index contributed by atoms with van der Waals surface area (Å²) in [4.78, 5) is 0. The molecule has 9 aromatic carbocycles. The van der Waals surface area contributed by atoms with E-state index in [1.807, 2.05) is 0 Å². The predicted octanol–water partition coefficient (Wildman–Crippen LogP) is 13.7. The minimum atomic E-state index is -0.643. The topological polar surface area (TPSA) is 13.1 Å². The standard InChI is InChI=1S/C48H30O/c1-3-14-31(15-4-1)36-27-26-35(29-42(36)32-16-5-2-6-17-32)46-37-20-9-11-22-39(37)47(40-23-12-10-21-38(40)46)41-24-13-25-44-48(41)43-28-33-18-7-8-19-34(33)30-45(43)49-44/h1-30H/i1D,3D,4D,7D,8D,13D,14D,15D,18D,19D,24D,25D,26D,27D,28D,29D,30D. The van der Waals surface area contributed by atoms with Crippen molar-refractivity contribution in [2.75, 3.05) is 0 Å². The van der Waals surface area contributed by atoms with Gasteiger partial charge in [0.05, 0.1) is 23.3 Å². The molecule has 1 heterocycles. The Balaban J connectivity index is 1.40. The number of hydrogen-bond acceptors (Lipinski definition) is 1. The first kappa shape index (κ1) is 15.6. The third kappa shape index (κ3) is 4.40. The van der Waals surface area contributed by atoms with Gasteiger partial charge < -0.3 is 4.42 Å². The average molecular weight is 640 g/mol. The van der Waals surface area contributed by atoms with Crippen molar-refractivity contribution >= 4 is 54.3 Å². The van der Waals surface area contributed by atoms with Crippen molar-refractivity contribution in [2.24, 2.45) is 0 Å². The summed E-state index contributed by atoms with van der Waals surface area (Å²) < 4.78 is 159. The first-order valence-corrected chi connectivity index (χ1v) is 15.5. The first-order valence-electron chi connectivity index (χ1n) is 24.0. The fourth-order valence-corrected chi connectivity index (χ4v) is 6.69. The zero-order chi connectivity index (χ0) is 47.1. The zero-order valence-electron chi connectivity index (χ0n) is 42.4. The molecule has 0 fully saturated rings. The van der Waals surface area contributed by atoms with Crippen LogP contribution in [0.25, 0.3) is 98.8 Å². The van der Waals surface area contributed by atoms with Crippen LogP contribution in [-0.4, -0.2) is 0 Å². The fourth-order valence-electron chi connectivity index (χ4n) is 6.69. The van der Waals surface area contributed by atoms with Gasteiger partial charge in [0.25, 0.3) is 0 Å². The molecule has 1 nitrogen and oxygen atoms in total. The van der Waals surface area contributed by atoms with Crippen molar-refractivity contribution in [1.82, 2.24) is 0 Å². The summed E-state index contributed by atoms with van der Waals surface area (Å²) in [6, 6.07) is 13.1. The molecule has 0 saturated heterocycles. The lowest BCUT2D eigenvalue weighted by atomic mass is 9.83. The highest BCUT2D eigenvalue weighted by molar-refractivity contribution is 6.26. The van der Waals surface area contributed by atoms with E-state index in [1.54, 1.807) is 78.9 Å².